The zero-order chi connectivity index (χ0) is 7.14. The van der Waals surface area contributed by atoms with Crippen LogP contribution in [0.5, 0.6) is 0 Å². The first kappa shape index (κ1) is 6.54. The Morgan fingerprint density at radius 1 is 1.00 bits per heavy atom. The summed E-state index contributed by atoms with van der Waals surface area (Å²) < 4.78 is 0. The molecule has 0 spiro atoms. The van der Waals surface area contributed by atoms with Crippen molar-refractivity contribution >= 4 is 0 Å². The van der Waals surface area contributed by atoms with Gasteiger partial charge in [0.05, 0.1) is 12.3 Å². The molecule has 2 aliphatic heterocycles. The largest absolute Gasteiger partial charge is 0.235 e. The maximum absolute atomic E-state index is 3.21. The van der Waals surface area contributed by atoms with Crippen molar-refractivity contribution in [2.45, 2.75) is 26.2 Å². The molecular formula is C6H14N4. The van der Waals surface area contributed by atoms with Crippen LogP contribution in [0.25, 0.3) is 0 Å². The molecule has 0 aromatic carbocycles. The van der Waals surface area contributed by atoms with Crippen LogP contribution in [0.3, 0.4) is 0 Å². The Bertz CT molecular complexity index is 122. The predicted octanol–water partition coefficient (Wildman–Crippen LogP) is -0.681. The van der Waals surface area contributed by atoms with E-state index in [-0.39, 0.29) is 0 Å². The van der Waals surface area contributed by atoms with Crippen LogP contribution < -0.4 is 10.9 Å². The molecule has 0 saturated carbocycles. The van der Waals surface area contributed by atoms with Crippen LogP contribution in [0.1, 0.15) is 13.8 Å². The van der Waals surface area contributed by atoms with E-state index in [9.17, 15) is 0 Å². The van der Waals surface area contributed by atoms with Crippen molar-refractivity contribution in [1.82, 2.24) is 20.9 Å². The third-order valence-corrected chi connectivity index (χ3v) is 2.09. The number of hydrazine groups is 2. The summed E-state index contributed by atoms with van der Waals surface area (Å²) in [6.45, 7) is 6.58. The normalized spacial score (nSPS) is 51.0. The van der Waals surface area contributed by atoms with Gasteiger partial charge in [0, 0.05) is 13.1 Å². The average molecular weight is 142 g/mol. The van der Waals surface area contributed by atoms with E-state index in [1.54, 1.807) is 0 Å². The first-order chi connectivity index (χ1) is 4.77. The molecule has 4 atom stereocenters. The number of nitrogens with one attached hydrogen (secondary N) is 2. The fraction of sp³-hybridized carbons (Fsp3) is 1.00. The number of nitrogens with zero attached hydrogens (tertiary/aromatic N) is 2. The molecule has 0 amide bonds. The minimum atomic E-state index is 0.607. The third-order valence-electron chi connectivity index (χ3n) is 2.09. The Hall–Kier alpha value is -0.160. The highest BCUT2D eigenvalue weighted by Gasteiger charge is 2.32. The van der Waals surface area contributed by atoms with Crippen LogP contribution >= 0.6 is 0 Å². The van der Waals surface area contributed by atoms with Crippen molar-refractivity contribution in [3.63, 3.8) is 0 Å². The van der Waals surface area contributed by atoms with E-state index >= 15 is 0 Å². The molecule has 2 aliphatic rings. The van der Waals surface area contributed by atoms with Crippen LogP contribution in [-0.2, 0) is 0 Å². The first-order valence-corrected chi connectivity index (χ1v) is 3.83. The molecule has 10 heavy (non-hydrogen) atoms. The van der Waals surface area contributed by atoms with Gasteiger partial charge in [0.1, 0.15) is 0 Å². The predicted molar refractivity (Wildman–Crippen MR) is 38.6 cm³/mol. The zero-order valence-electron chi connectivity index (χ0n) is 6.46. The van der Waals surface area contributed by atoms with Gasteiger partial charge in [-0.15, -0.1) is 0 Å². The Labute approximate surface area is 61.1 Å². The van der Waals surface area contributed by atoms with E-state index < -0.39 is 0 Å². The molecule has 0 aliphatic carbocycles. The first-order valence-electron chi connectivity index (χ1n) is 3.83. The molecule has 4 unspecified atom stereocenters. The van der Waals surface area contributed by atoms with Crippen molar-refractivity contribution in [1.29, 1.82) is 0 Å². The Kier molecular flexibility index (Phi) is 1.42. The zero-order valence-corrected chi connectivity index (χ0v) is 6.46. The van der Waals surface area contributed by atoms with Crippen molar-refractivity contribution in [2.24, 2.45) is 0 Å². The summed E-state index contributed by atoms with van der Waals surface area (Å²) >= 11 is 0. The summed E-state index contributed by atoms with van der Waals surface area (Å²) in [5.74, 6) is 0. The average Bonchev–Trinajstić information content (AvgIpc) is 2.71. The quantitative estimate of drug-likeness (QED) is 0.513. The summed E-state index contributed by atoms with van der Waals surface area (Å²) in [4.78, 5) is 0. The minimum Gasteiger partial charge on any atom is -0.235 e. The smallest absolute Gasteiger partial charge is 0.0836 e. The van der Waals surface area contributed by atoms with Gasteiger partial charge in [-0.05, 0) is 13.8 Å². The monoisotopic (exact) mass is 142 g/mol. The molecule has 58 valence electrons. The molecule has 2 rings (SSSR count). The van der Waals surface area contributed by atoms with Gasteiger partial charge in [0.2, 0.25) is 0 Å². The highest BCUT2D eigenvalue weighted by molar-refractivity contribution is 4.78. The third kappa shape index (κ3) is 1.29. The molecule has 2 fully saturated rings. The van der Waals surface area contributed by atoms with Crippen molar-refractivity contribution in [3.8, 4) is 0 Å². The van der Waals surface area contributed by atoms with Gasteiger partial charge in [0.25, 0.3) is 0 Å². The fourth-order valence-electron chi connectivity index (χ4n) is 1.15. The van der Waals surface area contributed by atoms with Crippen LogP contribution in [-0.4, -0.2) is 35.4 Å². The van der Waals surface area contributed by atoms with Crippen LogP contribution in [0.2, 0.25) is 0 Å². The summed E-state index contributed by atoms with van der Waals surface area (Å²) in [7, 11) is 0. The van der Waals surface area contributed by atoms with E-state index in [4.69, 9.17) is 0 Å². The maximum Gasteiger partial charge on any atom is 0.0836 e. The minimum absolute atomic E-state index is 0.607. The summed E-state index contributed by atoms with van der Waals surface area (Å²) in [5.41, 5.74) is 6.42. The SMILES string of the molecule is CC1NN1CCN1NC1C. The van der Waals surface area contributed by atoms with E-state index in [2.05, 4.69) is 34.7 Å². The molecule has 4 nitrogen and oxygen atoms in total. The van der Waals surface area contributed by atoms with Crippen molar-refractivity contribution in [2.75, 3.05) is 13.1 Å². The van der Waals surface area contributed by atoms with Crippen LogP contribution in [0, 0.1) is 0 Å². The van der Waals surface area contributed by atoms with Crippen molar-refractivity contribution in [3.05, 3.63) is 0 Å². The maximum atomic E-state index is 3.21. The van der Waals surface area contributed by atoms with Gasteiger partial charge >= 0.3 is 0 Å². The second-order valence-electron chi connectivity index (χ2n) is 3.00. The fourth-order valence-corrected chi connectivity index (χ4v) is 1.15. The topological polar surface area (TPSA) is 49.9 Å². The lowest BCUT2D eigenvalue weighted by Gasteiger charge is -1.98. The Morgan fingerprint density at radius 3 is 1.50 bits per heavy atom. The highest BCUT2D eigenvalue weighted by Crippen LogP contribution is 2.10. The van der Waals surface area contributed by atoms with Gasteiger partial charge < -0.3 is 0 Å². The number of hydrogen-bond donors (Lipinski definition) is 2. The second kappa shape index (κ2) is 2.17. The van der Waals surface area contributed by atoms with Crippen LogP contribution in [0.4, 0.5) is 0 Å². The van der Waals surface area contributed by atoms with Gasteiger partial charge in [-0.25, -0.2) is 20.9 Å². The van der Waals surface area contributed by atoms with E-state index in [0.29, 0.717) is 12.3 Å². The molecule has 0 aromatic heterocycles. The Balaban J connectivity index is 1.57. The molecular weight excluding hydrogens is 128 g/mol. The van der Waals surface area contributed by atoms with Crippen LogP contribution in [0.15, 0.2) is 0 Å². The van der Waals surface area contributed by atoms with E-state index in [1.165, 1.54) is 0 Å². The molecule has 0 aromatic rings. The standard InChI is InChI=1S/C6H14N4/c1-5-7-9(5)3-4-10-6(2)8-10/h5-8H,3-4H2,1-2H3. The van der Waals surface area contributed by atoms with Gasteiger partial charge in [0.15, 0.2) is 0 Å². The Morgan fingerprint density at radius 2 is 1.30 bits per heavy atom. The number of rotatable bonds is 3. The lowest BCUT2D eigenvalue weighted by Crippen LogP contribution is -2.16. The molecule has 2 N–H and O–H groups in total. The lowest BCUT2D eigenvalue weighted by molar-refractivity contribution is 0.395. The molecule has 0 bridgehead atoms. The summed E-state index contributed by atoms with van der Waals surface area (Å²) in [6.07, 6.45) is 1.21. The highest BCUT2D eigenvalue weighted by atomic mass is 15.8. The number of hydrogen-bond acceptors (Lipinski definition) is 4. The second-order valence-corrected chi connectivity index (χ2v) is 3.00. The molecule has 2 heterocycles. The summed E-state index contributed by atoms with van der Waals surface area (Å²) in [6, 6.07) is 0. The molecule has 2 saturated heterocycles. The lowest BCUT2D eigenvalue weighted by atomic mass is 10.5. The molecule has 0 radical (unpaired) electrons. The van der Waals surface area contributed by atoms with Gasteiger partial charge in [-0.2, -0.15) is 0 Å². The van der Waals surface area contributed by atoms with E-state index in [1.807, 2.05) is 0 Å². The van der Waals surface area contributed by atoms with Gasteiger partial charge in [-0.1, -0.05) is 0 Å². The molecule has 4 heteroatoms. The van der Waals surface area contributed by atoms with E-state index in [0.717, 1.165) is 13.1 Å². The summed E-state index contributed by atoms with van der Waals surface area (Å²) in [5, 5.41) is 4.46. The van der Waals surface area contributed by atoms with Gasteiger partial charge in [-0.3, -0.25) is 0 Å². The van der Waals surface area contributed by atoms with Crippen molar-refractivity contribution < 1.29 is 0 Å².